The molecule has 17 heavy (non-hydrogen) atoms. The zero-order valence-electron chi connectivity index (χ0n) is 10.2. The maximum absolute atomic E-state index is 11.5. The van der Waals surface area contributed by atoms with Gasteiger partial charge in [-0.25, -0.2) is 0 Å². The third-order valence-electron chi connectivity index (χ3n) is 4.32. The van der Waals surface area contributed by atoms with Gasteiger partial charge in [-0.05, 0) is 37.0 Å². The van der Waals surface area contributed by atoms with Gasteiger partial charge in [-0.15, -0.1) is 0 Å². The summed E-state index contributed by atoms with van der Waals surface area (Å²) in [7, 11) is 0. The van der Waals surface area contributed by atoms with E-state index in [1.807, 2.05) is 0 Å². The molecule has 0 heterocycles. The van der Waals surface area contributed by atoms with Gasteiger partial charge in [-0.1, -0.05) is 13.3 Å². The second-order valence-corrected chi connectivity index (χ2v) is 5.38. The molecule has 0 unspecified atom stereocenters. The molecule has 2 aliphatic carbocycles. The number of esters is 1. The molecule has 2 aliphatic rings. The van der Waals surface area contributed by atoms with E-state index in [-0.39, 0.29) is 24.9 Å². The molecule has 1 N–H and O–H groups in total. The van der Waals surface area contributed by atoms with Crippen molar-refractivity contribution in [1.29, 1.82) is 0 Å². The van der Waals surface area contributed by atoms with Crippen LogP contribution in [0.5, 0.6) is 0 Å². The Morgan fingerprint density at radius 1 is 1.12 bits per heavy atom. The molecule has 0 amide bonds. The molecule has 96 valence electrons. The second-order valence-electron chi connectivity index (χ2n) is 5.38. The summed E-state index contributed by atoms with van der Waals surface area (Å²) in [5.74, 6) is 0.701. The Morgan fingerprint density at radius 3 is 2.53 bits per heavy atom. The quantitative estimate of drug-likeness (QED) is 0.765. The maximum atomic E-state index is 11.5. The van der Waals surface area contributed by atoms with E-state index >= 15 is 0 Å². The highest BCUT2D eigenvalue weighted by Gasteiger charge is 2.44. The van der Waals surface area contributed by atoms with Gasteiger partial charge in [0.2, 0.25) is 0 Å². The highest BCUT2D eigenvalue weighted by molar-refractivity contribution is 5.76. The first-order valence-electron chi connectivity index (χ1n) is 6.49. The van der Waals surface area contributed by atoms with Crippen molar-refractivity contribution in [2.45, 2.75) is 51.6 Å². The number of carbonyl (C=O) groups is 2. The number of hydrogen-bond donors (Lipinski definition) is 1. The van der Waals surface area contributed by atoms with Crippen LogP contribution in [0.15, 0.2) is 0 Å². The van der Waals surface area contributed by atoms with E-state index < -0.39 is 5.97 Å². The second kappa shape index (κ2) is 5.07. The number of carboxylic acids is 1. The Kier molecular flexibility index (Phi) is 3.69. The Labute approximate surface area is 101 Å². The minimum atomic E-state index is -0.944. The molecule has 0 aromatic rings. The zero-order valence-corrected chi connectivity index (χ0v) is 10.2. The van der Waals surface area contributed by atoms with Gasteiger partial charge in [0.15, 0.2) is 0 Å². The number of rotatable bonds is 4. The van der Waals surface area contributed by atoms with E-state index in [4.69, 9.17) is 9.84 Å². The van der Waals surface area contributed by atoms with Gasteiger partial charge in [0.25, 0.3) is 0 Å². The summed E-state index contributed by atoms with van der Waals surface area (Å²) in [5, 5.41) is 8.50. The largest absolute Gasteiger partial charge is 0.481 e. The first-order chi connectivity index (χ1) is 8.08. The molecule has 2 rings (SSSR count). The molecule has 0 aliphatic heterocycles. The SMILES string of the molecule is C[C@H]1CC[C@H]2[C@@H]1CC[C@H]2OC(=O)CCC(=O)O. The molecule has 0 radical (unpaired) electrons. The molecule has 0 aromatic carbocycles. The van der Waals surface area contributed by atoms with Gasteiger partial charge in [0.1, 0.15) is 6.10 Å². The topological polar surface area (TPSA) is 63.6 Å². The molecule has 2 fully saturated rings. The normalized spacial score (nSPS) is 35.6. The number of hydrogen-bond acceptors (Lipinski definition) is 3. The summed E-state index contributed by atoms with van der Waals surface area (Å²) in [5.41, 5.74) is 0. The molecule has 4 heteroatoms. The lowest BCUT2D eigenvalue weighted by Gasteiger charge is -2.19. The molecule has 4 atom stereocenters. The van der Waals surface area contributed by atoms with Crippen molar-refractivity contribution in [2.24, 2.45) is 17.8 Å². The average molecular weight is 240 g/mol. The monoisotopic (exact) mass is 240 g/mol. The van der Waals surface area contributed by atoms with Crippen LogP contribution in [-0.2, 0) is 14.3 Å². The van der Waals surface area contributed by atoms with Crippen molar-refractivity contribution in [1.82, 2.24) is 0 Å². The fraction of sp³-hybridized carbons (Fsp3) is 0.846. The van der Waals surface area contributed by atoms with Gasteiger partial charge in [0, 0.05) is 0 Å². The van der Waals surface area contributed by atoms with Crippen molar-refractivity contribution < 1.29 is 19.4 Å². The van der Waals surface area contributed by atoms with Gasteiger partial charge < -0.3 is 9.84 Å². The Bertz CT molecular complexity index is 313. The lowest BCUT2D eigenvalue weighted by molar-refractivity contribution is -0.153. The summed E-state index contributed by atoms with van der Waals surface area (Å²) >= 11 is 0. The highest BCUT2D eigenvalue weighted by Crippen LogP contribution is 2.48. The van der Waals surface area contributed by atoms with Crippen molar-refractivity contribution in [3.8, 4) is 0 Å². The molecular weight excluding hydrogens is 220 g/mol. The van der Waals surface area contributed by atoms with Crippen molar-refractivity contribution >= 4 is 11.9 Å². The van der Waals surface area contributed by atoms with E-state index in [0.29, 0.717) is 11.8 Å². The number of ether oxygens (including phenoxy) is 1. The Hall–Kier alpha value is -1.06. The molecule has 4 nitrogen and oxygen atoms in total. The summed E-state index contributed by atoms with van der Waals surface area (Å²) in [6.07, 6.45) is 4.42. The van der Waals surface area contributed by atoms with Crippen LogP contribution in [0.3, 0.4) is 0 Å². The summed E-state index contributed by atoms with van der Waals surface area (Å²) in [6.45, 7) is 2.28. The van der Waals surface area contributed by atoms with Crippen LogP contribution >= 0.6 is 0 Å². The standard InChI is InChI=1S/C13H20O4/c1-8-2-3-10-9(8)4-5-11(10)17-13(16)7-6-12(14)15/h8-11H,2-7H2,1H3,(H,14,15)/t8-,9+,10-,11+/m0/s1. The predicted molar refractivity (Wildman–Crippen MR) is 61.4 cm³/mol. The van der Waals surface area contributed by atoms with Gasteiger partial charge in [-0.3, -0.25) is 9.59 Å². The molecular formula is C13H20O4. The molecule has 0 bridgehead atoms. The average Bonchev–Trinajstić information content (AvgIpc) is 2.81. The van der Waals surface area contributed by atoms with Crippen LogP contribution < -0.4 is 0 Å². The van der Waals surface area contributed by atoms with Gasteiger partial charge in [0.05, 0.1) is 12.8 Å². The van der Waals surface area contributed by atoms with Crippen LogP contribution in [0.2, 0.25) is 0 Å². The number of aliphatic carboxylic acids is 1. The molecule has 2 saturated carbocycles. The minimum absolute atomic E-state index is 0.00122. The van der Waals surface area contributed by atoms with Crippen molar-refractivity contribution in [3.63, 3.8) is 0 Å². The number of carboxylic acid groups (broad SMARTS) is 1. The summed E-state index contributed by atoms with van der Waals surface area (Å²) < 4.78 is 5.42. The summed E-state index contributed by atoms with van der Waals surface area (Å²) in [4.78, 5) is 21.8. The minimum Gasteiger partial charge on any atom is -0.481 e. The lowest BCUT2D eigenvalue weighted by atomic mass is 9.93. The van der Waals surface area contributed by atoms with Gasteiger partial charge in [-0.2, -0.15) is 0 Å². The van der Waals surface area contributed by atoms with Crippen molar-refractivity contribution in [2.75, 3.05) is 0 Å². The first kappa shape index (κ1) is 12.4. The highest BCUT2D eigenvalue weighted by atomic mass is 16.5. The van der Waals surface area contributed by atoms with Crippen LogP contribution in [0.4, 0.5) is 0 Å². The molecule has 0 aromatic heterocycles. The van der Waals surface area contributed by atoms with E-state index in [2.05, 4.69) is 6.92 Å². The zero-order chi connectivity index (χ0) is 12.4. The van der Waals surface area contributed by atoms with Crippen molar-refractivity contribution in [3.05, 3.63) is 0 Å². The van der Waals surface area contributed by atoms with Crippen LogP contribution in [0.1, 0.15) is 45.4 Å². The fourth-order valence-corrected chi connectivity index (χ4v) is 3.42. The lowest BCUT2D eigenvalue weighted by Crippen LogP contribution is -2.23. The smallest absolute Gasteiger partial charge is 0.306 e. The van der Waals surface area contributed by atoms with E-state index in [1.54, 1.807) is 0 Å². The van der Waals surface area contributed by atoms with E-state index in [9.17, 15) is 9.59 Å². The predicted octanol–water partition coefficient (Wildman–Crippen LogP) is 2.22. The Morgan fingerprint density at radius 2 is 1.82 bits per heavy atom. The third-order valence-corrected chi connectivity index (χ3v) is 4.32. The third kappa shape index (κ3) is 2.79. The van der Waals surface area contributed by atoms with Gasteiger partial charge >= 0.3 is 11.9 Å². The van der Waals surface area contributed by atoms with Crippen LogP contribution in [0.25, 0.3) is 0 Å². The number of carbonyl (C=O) groups excluding carboxylic acids is 1. The van der Waals surface area contributed by atoms with Crippen LogP contribution in [-0.4, -0.2) is 23.1 Å². The Balaban J connectivity index is 1.80. The van der Waals surface area contributed by atoms with Crippen LogP contribution in [0, 0.1) is 17.8 Å². The molecule has 0 spiro atoms. The van der Waals surface area contributed by atoms with E-state index in [0.717, 1.165) is 25.2 Å². The molecule has 0 saturated heterocycles. The maximum Gasteiger partial charge on any atom is 0.306 e. The fourth-order valence-electron chi connectivity index (χ4n) is 3.42. The van der Waals surface area contributed by atoms with E-state index in [1.165, 1.54) is 6.42 Å². The summed E-state index contributed by atoms with van der Waals surface area (Å²) in [6, 6.07) is 0. The first-order valence-corrected chi connectivity index (χ1v) is 6.49. The number of fused-ring (bicyclic) bond motifs is 1.